The van der Waals surface area contributed by atoms with Crippen LogP contribution in [-0.4, -0.2) is 29.6 Å². The van der Waals surface area contributed by atoms with Crippen molar-refractivity contribution in [3.8, 4) is 0 Å². The first kappa shape index (κ1) is 15.8. The molecule has 0 aromatic heterocycles. The number of nitrogens with two attached hydrogens (primary N) is 2. The summed E-state index contributed by atoms with van der Waals surface area (Å²) in [6, 6.07) is 4.06. The molecule has 1 atom stereocenters. The van der Waals surface area contributed by atoms with E-state index in [-0.39, 0.29) is 29.4 Å². The summed E-state index contributed by atoms with van der Waals surface area (Å²) < 4.78 is 4.76. The van der Waals surface area contributed by atoms with Crippen molar-refractivity contribution in [2.24, 2.45) is 16.5 Å². The Balaban J connectivity index is 3.23. The van der Waals surface area contributed by atoms with Crippen molar-refractivity contribution in [1.29, 1.82) is 0 Å². The summed E-state index contributed by atoms with van der Waals surface area (Å²) in [5.74, 6) is -2.17. The highest BCUT2D eigenvalue weighted by molar-refractivity contribution is 6.30. The molecule has 0 bridgehead atoms. The number of hydrogen-bond acceptors (Lipinski definition) is 4. The molecule has 7 nitrogen and oxygen atoms in total. The summed E-state index contributed by atoms with van der Waals surface area (Å²) in [7, 11) is 0. The molecule has 0 fully saturated rings. The minimum absolute atomic E-state index is 0.118. The van der Waals surface area contributed by atoms with E-state index >= 15 is 0 Å². The fraction of sp³-hybridized carbons (Fsp3) is 0.250. The van der Waals surface area contributed by atoms with Crippen molar-refractivity contribution in [2.75, 3.05) is 6.61 Å². The molecule has 0 aliphatic carbocycles. The topological polar surface area (TPSA) is 128 Å². The second-order valence-corrected chi connectivity index (χ2v) is 4.16. The van der Waals surface area contributed by atoms with Gasteiger partial charge in [-0.2, -0.15) is 0 Å². The van der Waals surface area contributed by atoms with Crippen molar-refractivity contribution in [1.82, 2.24) is 0 Å². The molecule has 20 heavy (non-hydrogen) atoms. The second kappa shape index (κ2) is 6.76. The maximum atomic E-state index is 11.6. The summed E-state index contributed by atoms with van der Waals surface area (Å²) in [6.45, 7) is 1.78. The lowest BCUT2D eigenvalue weighted by Gasteiger charge is -2.12. The van der Waals surface area contributed by atoms with Crippen molar-refractivity contribution >= 4 is 35.2 Å². The standard InChI is InChI=1S/C12H14ClN3O4/c1-2-20-11(19)9(13)7-4-3-6(16-12(14)15)5-8(7)10(17)18/h3-5,9H,2H2,1H3,(H,17,18)(H4,14,15,16). The summed E-state index contributed by atoms with van der Waals surface area (Å²) in [6.07, 6.45) is 0. The molecule has 0 heterocycles. The maximum absolute atomic E-state index is 11.6. The fourth-order valence-electron chi connectivity index (χ4n) is 1.51. The zero-order valence-electron chi connectivity index (χ0n) is 10.7. The van der Waals surface area contributed by atoms with E-state index in [1.165, 1.54) is 18.2 Å². The minimum atomic E-state index is -1.25. The number of ether oxygens (including phenoxy) is 1. The largest absolute Gasteiger partial charge is 0.478 e. The van der Waals surface area contributed by atoms with Crippen LogP contribution in [0.2, 0.25) is 0 Å². The van der Waals surface area contributed by atoms with Gasteiger partial charge in [-0.15, -0.1) is 11.6 Å². The van der Waals surface area contributed by atoms with E-state index in [2.05, 4.69) is 4.99 Å². The summed E-state index contributed by atoms with van der Waals surface area (Å²) in [5, 5.41) is 7.95. The van der Waals surface area contributed by atoms with Gasteiger partial charge in [0.2, 0.25) is 0 Å². The molecule has 108 valence electrons. The average molecular weight is 300 g/mol. The molecule has 0 aliphatic heterocycles. The van der Waals surface area contributed by atoms with Crippen LogP contribution in [0, 0.1) is 0 Å². The summed E-state index contributed by atoms with van der Waals surface area (Å²) in [5.41, 5.74) is 10.6. The van der Waals surface area contributed by atoms with Crippen LogP contribution in [0.25, 0.3) is 0 Å². The lowest BCUT2D eigenvalue weighted by atomic mass is 10.0. The number of nitrogens with zero attached hydrogens (tertiary/aromatic N) is 1. The molecule has 1 aromatic carbocycles. The normalized spacial score (nSPS) is 11.5. The molecule has 1 aromatic rings. The van der Waals surface area contributed by atoms with Crippen molar-refractivity contribution in [3.05, 3.63) is 29.3 Å². The zero-order valence-corrected chi connectivity index (χ0v) is 11.4. The number of esters is 1. The van der Waals surface area contributed by atoms with Gasteiger partial charge in [-0.3, -0.25) is 4.79 Å². The van der Waals surface area contributed by atoms with E-state index in [1.807, 2.05) is 0 Å². The number of carboxylic acids is 1. The Hall–Kier alpha value is -2.28. The number of carboxylic acid groups (broad SMARTS) is 1. The van der Waals surface area contributed by atoms with Gasteiger partial charge in [0.25, 0.3) is 0 Å². The Labute approximate surface area is 120 Å². The van der Waals surface area contributed by atoms with Crippen molar-refractivity contribution < 1.29 is 19.4 Å². The van der Waals surface area contributed by atoms with E-state index in [9.17, 15) is 9.59 Å². The number of aromatic carboxylic acids is 1. The Bertz CT molecular complexity index is 556. The van der Waals surface area contributed by atoms with Crippen LogP contribution in [0.4, 0.5) is 5.69 Å². The highest BCUT2D eigenvalue weighted by atomic mass is 35.5. The van der Waals surface area contributed by atoms with E-state index in [0.717, 1.165) is 0 Å². The molecule has 1 unspecified atom stereocenters. The van der Waals surface area contributed by atoms with Gasteiger partial charge in [-0.25, -0.2) is 9.79 Å². The highest BCUT2D eigenvalue weighted by Crippen LogP contribution is 2.28. The predicted molar refractivity (Wildman–Crippen MR) is 74.1 cm³/mol. The van der Waals surface area contributed by atoms with Crippen LogP contribution in [0.15, 0.2) is 23.2 Å². The third-order valence-corrected chi connectivity index (χ3v) is 2.71. The highest BCUT2D eigenvalue weighted by Gasteiger charge is 2.24. The zero-order chi connectivity index (χ0) is 15.3. The smallest absolute Gasteiger partial charge is 0.336 e. The Morgan fingerprint density at radius 3 is 2.60 bits per heavy atom. The van der Waals surface area contributed by atoms with Crippen LogP contribution < -0.4 is 11.5 Å². The van der Waals surface area contributed by atoms with E-state index in [0.29, 0.717) is 0 Å². The Morgan fingerprint density at radius 2 is 2.10 bits per heavy atom. The van der Waals surface area contributed by atoms with Gasteiger partial charge in [0.05, 0.1) is 17.9 Å². The van der Waals surface area contributed by atoms with Crippen LogP contribution in [0.1, 0.15) is 28.2 Å². The number of guanidine groups is 1. The van der Waals surface area contributed by atoms with E-state index < -0.39 is 17.3 Å². The fourth-order valence-corrected chi connectivity index (χ4v) is 1.76. The quantitative estimate of drug-likeness (QED) is 0.323. The molecule has 8 heteroatoms. The number of aliphatic imine (C=N–C) groups is 1. The molecule has 5 N–H and O–H groups in total. The van der Waals surface area contributed by atoms with Crippen molar-refractivity contribution in [3.63, 3.8) is 0 Å². The Morgan fingerprint density at radius 1 is 1.45 bits per heavy atom. The van der Waals surface area contributed by atoms with E-state index in [1.54, 1.807) is 6.92 Å². The van der Waals surface area contributed by atoms with Gasteiger partial charge >= 0.3 is 11.9 Å². The SMILES string of the molecule is CCOC(=O)C(Cl)c1ccc(N=C(N)N)cc1C(=O)O. The van der Waals surface area contributed by atoms with Crippen LogP contribution in [0.5, 0.6) is 0 Å². The van der Waals surface area contributed by atoms with Gasteiger partial charge in [0.15, 0.2) is 11.3 Å². The number of alkyl halides is 1. The van der Waals surface area contributed by atoms with E-state index in [4.69, 9.17) is 32.9 Å². The number of halogens is 1. The van der Waals surface area contributed by atoms with Gasteiger partial charge in [-0.1, -0.05) is 6.07 Å². The minimum Gasteiger partial charge on any atom is -0.478 e. The molecule has 0 spiro atoms. The summed E-state index contributed by atoms with van der Waals surface area (Å²) >= 11 is 5.92. The van der Waals surface area contributed by atoms with Crippen molar-refractivity contribution in [2.45, 2.75) is 12.3 Å². The lowest BCUT2D eigenvalue weighted by Crippen LogP contribution is -2.22. The van der Waals surface area contributed by atoms with Gasteiger partial charge in [0.1, 0.15) is 0 Å². The van der Waals surface area contributed by atoms with Crippen LogP contribution in [0.3, 0.4) is 0 Å². The predicted octanol–water partition coefficient (Wildman–Crippen LogP) is 1.13. The molecule has 1 rings (SSSR count). The first-order valence-corrected chi connectivity index (χ1v) is 6.08. The van der Waals surface area contributed by atoms with Gasteiger partial charge in [0, 0.05) is 0 Å². The average Bonchev–Trinajstić information content (AvgIpc) is 2.37. The first-order chi connectivity index (χ1) is 9.36. The number of rotatable bonds is 5. The number of carbonyl (C=O) groups is 2. The molecular formula is C12H14ClN3O4. The number of benzene rings is 1. The molecule has 0 amide bonds. The van der Waals surface area contributed by atoms with Gasteiger partial charge < -0.3 is 21.3 Å². The maximum Gasteiger partial charge on any atom is 0.336 e. The number of hydrogen-bond donors (Lipinski definition) is 3. The molecular weight excluding hydrogens is 286 g/mol. The molecule has 0 saturated heterocycles. The number of carbonyl (C=O) groups excluding carboxylic acids is 1. The molecule has 0 aliphatic rings. The lowest BCUT2D eigenvalue weighted by molar-refractivity contribution is -0.142. The molecule has 0 radical (unpaired) electrons. The van der Waals surface area contributed by atoms with Crippen LogP contribution >= 0.6 is 11.6 Å². The monoisotopic (exact) mass is 299 g/mol. The summed E-state index contributed by atoms with van der Waals surface area (Å²) in [4.78, 5) is 26.5. The van der Waals surface area contributed by atoms with Crippen LogP contribution in [-0.2, 0) is 9.53 Å². The first-order valence-electron chi connectivity index (χ1n) is 5.64. The second-order valence-electron chi connectivity index (χ2n) is 3.73. The molecule has 0 saturated carbocycles. The van der Waals surface area contributed by atoms with Gasteiger partial charge in [-0.05, 0) is 24.6 Å². The third kappa shape index (κ3) is 3.86. The Kier molecular flexibility index (Phi) is 5.33. The third-order valence-electron chi connectivity index (χ3n) is 2.29.